The number of aromatic nitrogens is 4. The van der Waals surface area contributed by atoms with E-state index in [1.807, 2.05) is 24.3 Å². The molecule has 2 fully saturated rings. The standard InChI is InChI=1S/C18H19Cl2F3N6O2.C17H18Cl2F3N5O.CH4/c19-11-1-3-12(4-2-11)27-5-7-28(8-6-27)14(30)10-29-13(9-25-17(24)31)15(20)16(26-29)18(21,22)23;18-11-1-3-12(4-2-11)25-5-7-26(8-6-25)14(28)10-27-13(9-23)15(19)16(24-27)17(20,21)22;/h1-4H,5-10H2,(H3,24,25,31);1-4H,5-10,23H2;1H4. The molecule has 0 spiro atoms. The topological polar surface area (TPSA) is 164 Å². The summed E-state index contributed by atoms with van der Waals surface area (Å²) < 4.78 is 80.3. The Kier molecular flexibility index (Phi) is 16.2. The number of hydrogen-bond acceptors (Lipinski definition) is 8. The molecule has 2 aromatic carbocycles. The van der Waals surface area contributed by atoms with Gasteiger partial charge in [0.05, 0.1) is 28.0 Å². The number of carbonyl (C=O) groups excluding carboxylic acids is 3. The molecule has 0 aliphatic carbocycles. The zero-order valence-corrected chi connectivity index (χ0v) is 33.9. The van der Waals surface area contributed by atoms with E-state index in [0.717, 1.165) is 20.7 Å². The second kappa shape index (κ2) is 20.3. The molecule has 14 nitrogen and oxygen atoms in total. The van der Waals surface area contributed by atoms with Crippen molar-refractivity contribution >= 4 is 75.6 Å². The summed E-state index contributed by atoms with van der Waals surface area (Å²) in [7, 11) is 0. The first-order valence-corrected chi connectivity index (χ1v) is 19.2. The molecule has 0 saturated carbocycles. The number of anilines is 2. The quantitative estimate of drug-likeness (QED) is 0.163. The van der Waals surface area contributed by atoms with E-state index < -0.39 is 58.8 Å². The van der Waals surface area contributed by atoms with Crippen LogP contribution in [0.2, 0.25) is 20.1 Å². The van der Waals surface area contributed by atoms with Gasteiger partial charge in [-0.2, -0.15) is 36.5 Å². The highest BCUT2D eigenvalue weighted by Crippen LogP contribution is 2.37. The van der Waals surface area contributed by atoms with Gasteiger partial charge >= 0.3 is 18.4 Å². The van der Waals surface area contributed by atoms with Gasteiger partial charge in [0.15, 0.2) is 11.4 Å². The molecule has 0 unspecified atom stereocenters. The van der Waals surface area contributed by atoms with Crippen molar-refractivity contribution in [3.05, 3.63) is 91.4 Å². The minimum atomic E-state index is -4.81. The number of nitrogens with zero attached hydrogens (tertiary/aromatic N) is 8. The Labute approximate surface area is 360 Å². The van der Waals surface area contributed by atoms with Gasteiger partial charge in [-0.25, -0.2) is 4.79 Å². The van der Waals surface area contributed by atoms with Crippen LogP contribution < -0.4 is 26.6 Å². The largest absolute Gasteiger partial charge is 0.436 e. The fourth-order valence-corrected chi connectivity index (χ4v) is 7.18. The first kappa shape index (κ1) is 48.0. The van der Waals surface area contributed by atoms with E-state index >= 15 is 0 Å². The molecule has 24 heteroatoms. The van der Waals surface area contributed by atoms with Crippen molar-refractivity contribution in [1.29, 1.82) is 0 Å². The van der Waals surface area contributed by atoms with Gasteiger partial charge in [0.25, 0.3) is 0 Å². The van der Waals surface area contributed by atoms with Gasteiger partial charge in [0.1, 0.15) is 13.1 Å². The molecule has 4 aromatic rings. The minimum Gasteiger partial charge on any atom is -0.368 e. The molecule has 0 bridgehead atoms. The average molecular weight is 932 g/mol. The number of nitrogens with two attached hydrogens (primary N) is 2. The number of piperazine rings is 2. The molecular weight excluding hydrogens is 890 g/mol. The number of alkyl halides is 6. The van der Waals surface area contributed by atoms with Crippen LogP contribution in [-0.2, 0) is 48.1 Å². The van der Waals surface area contributed by atoms with Crippen molar-refractivity contribution in [1.82, 2.24) is 34.7 Å². The molecular formula is C36H41Cl4F6N11O3. The number of urea groups is 1. The van der Waals surface area contributed by atoms with E-state index in [9.17, 15) is 40.7 Å². The molecule has 0 atom stereocenters. The van der Waals surface area contributed by atoms with Crippen LogP contribution in [0.5, 0.6) is 0 Å². The van der Waals surface area contributed by atoms with Gasteiger partial charge in [0.2, 0.25) is 11.8 Å². The van der Waals surface area contributed by atoms with Crippen molar-refractivity contribution in [3.63, 3.8) is 0 Å². The Morgan fingerprint density at radius 3 is 1.30 bits per heavy atom. The summed E-state index contributed by atoms with van der Waals surface area (Å²) in [6.07, 6.45) is -9.52. The lowest BCUT2D eigenvalue weighted by atomic mass is 10.2. The third-order valence-electron chi connectivity index (χ3n) is 9.37. The lowest BCUT2D eigenvalue weighted by molar-refractivity contribution is -0.142. The number of amides is 4. The Morgan fingerprint density at radius 1 is 0.617 bits per heavy atom. The summed E-state index contributed by atoms with van der Waals surface area (Å²) in [4.78, 5) is 43.6. The average Bonchev–Trinajstić information content (AvgIpc) is 3.69. The molecule has 4 heterocycles. The minimum absolute atomic E-state index is 0. The summed E-state index contributed by atoms with van der Waals surface area (Å²) in [6, 6.07) is 13.7. The normalized spacial score (nSPS) is 14.7. The van der Waals surface area contributed by atoms with E-state index in [-0.39, 0.29) is 37.8 Å². The monoisotopic (exact) mass is 929 g/mol. The molecule has 5 N–H and O–H groups in total. The van der Waals surface area contributed by atoms with Gasteiger partial charge in [-0.3, -0.25) is 19.0 Å². The molecule has 2 aliphatic heterocycles. The number of carbonyl (C=O) groups is 3. The van der Waals surface area contributed by atoms with Crippen LogP contribution in [0, 0.1) is 0 Å². The summed E-state index contributed by atoms with van der Waals surface area (Å²) >= 11 is 23.4. The molecule has 2 aromatic heterocycles. The van der Waals surface area contributed by atoms with Crippen LogP contribution in [0.1, 0.15) is 30.2 Å². The predicted molar refractivity (Wildman–Crippen MR) is 216 cm³/mol. The van der Waals surface area contributed by atoms with Crippen LogP contribution >= 0.6 is 46.4 Å². The zero-order valence-electron chi connectivity index (χ0n) is 30.8. The number of halogens is 10. The van der Waals surface area contributed by atoms with E-state index in [1.54, 1.807) is 34.1 Å². The van der Waals surface area contributed by atoms with Gasteiger partial charge < -0.3 is 36.4 Å². The van der Waals surface area contributed by atoms with E-state index in [1.165, 1.54) is 0 Å². The number of nitrogens with one attached hydrogen (secondary N) is 1. The highest BCUT2D eigenvalue weighted by molar-refractivity contribution is 6.32. The van der Waals surface area contributed by atoms with Crippen molar-refractivity contribution in [2.24, 2.45) is 11.5 Å². The summed E-state index contributed by atoms with van der Waals surface area (Å²) in [6.45, 7) is 2.53. The molecule has 60 heavy (non-hydrogen) atoms. The van der Waals surface area contributed by atoms with Gasteiger partial charge in [-0.1, -0.05) is 53.8 Å². The van der Waals surface area contributed by atoms with Gasteiger partial charge in [0, 0.05) is 80.3 Å². The maximum absolute atomic E-state index is 13.2. The highest BCUT2D eigenvalue weighted by Gasteiger charge is 2.40. The fourth-order valence-electron chi connectivity index (χ4n) is 6.30. The SMILES string of the molecule is C.NC(=O)NCc1c(Cl)c(C(F)(F)F)nn1CC(=O)N1CCN(c2ccc(Cl)cc2)CC1.NCc1c(Cl)c(C(F)(F)F)nn1CC(=O)N1CCN(c2ccc(Cl)cc2)CC1. The van der Waals surface area contributed by atoms with Crippen molar-refractivity contribution in [2.45, 2.75) is 46.0 Å². The van der Waals surface area contributed by atoms with Crippen molar-refractivity contribution < 1.29 is 40.7 Å². The fraction of sp³-hybridized carbons (Fsp3) is 0.417. The molecule has 2 aliphatic rings. The van der Waals surface area contributed by atoms with Crippen molar-refractivity contribution in [2.75, 3.05) is 62.2 Å². The third-order valence-corrected chi connectivity index (χ3v) is 10.7. The van der Waals surface area contributed by atoms with Crippen molar-refractivity contribution in [3.8, 4) is 0 Å². The van der Waals surface area contributed by atoms with Crippen LogP contribution in [0.15, 0.2) is 48.5 Å². The smallest absolute Gasteiger partial charge is 0.368 e. The Balaban J connectivity index is 0.000000262. The summed E-state index contributed by atoms with van der Waals surface area (Å²) in [5.74, 6) is -0.748. The summed E-state index contributed by atoms with van der Waals surface area (Å²) in [5, 5.41) is 9.13. The van der Waals surface area contributed by atoms with E-state index in [0.29, 0.717) is 62.4 Å². The third kappa shape index (κ3) is 12.0. The number of hydrogen-bond donors (Lipinski definition) is 3. The predicted octanol–water partition coefficient (Wildman–Crippen LogP) is 6.38. The van der Waals surface area contributed by atoms with Crippen LogP contribution in [0.3, 0.4) is 0 Å². The highest BCUT2D eigenvalue weighted by atomic mass is 35.5. The number of benzene rings is 2. The summed E-state index contributed by atoms with van der Waals surface area (Å²) in [5.41, 5.74) is 9.73. The zero-order chi connectivity index (χ0) is 43.2. The second-order valence-electron chi connectivity index (χ2n) is 13.1. The molecule has 4 amide bonds. The molecule has 0 radical (unpaired) electrons. The molecule has 6 rings (SSSR count). The first-order valence-electron chi connectivity index (χ1n) is 17.7. The number of primary amides is 1. The van der Waals surface area contributed by atoms with E-state index in [2.05, 4.69) is 25.3 Å². The maximum Gasteiger partial charge on any atom is 0.436 e. The van der Waals surface area contributed by atoms with Crippen LogP contribution in [0.25, 0.3) is 0 Å². The molecule has 328 valence electrons. The van der Waals surface area contributed by atoms with Gasteiger partial charge in [-0.15, -0.1) is 0 Å². The first-order chi connectivity index (χ1) is 27.8. The van der Waals surface area contributed by atoms with Crippen LogP contribution in [-0.4, -0.2) is 99.6 Å². The maximum atomic E-state index is 13.2. The van der Waals surface area contributed by atoms with Gasteiger partial charge in [-0.05, 0) is 48.5 Å². The Bertz CT molecular complexity index is 2100. The second-order valence-corrected chi connectivity index (χ2v) is 14.8. The van der Waals surface area contributed by atoms with Crippen LogP contribution in [0.4, 0.5) is 42.5 Å². The molecule has 2 saturated heterocycles. The van der Waals surface area contributed by atoms with E-state index in [4.69, 9.17) is 57.9 Å². The number of rotatable bonds is 9. The Morgan fingerprint density at radius 2 is 0.967 bits per heavy atom. The lowest BCUT2D eigenvalue weighted by Gasteiger charge is -2.36. The lowest BCUT2D eigenvalue weighted by Crippen LogP contribution is -2.49. The Hall–Kier alpha value is -4.63.